The van der Waals surface area contributed by atoms with E-state index in [1.807, 2.05) is 13.8 Å². The van der Waals surface area contributed by atoms with Crippen molar-refractivity contribution >= 4 is 22.6 Å². The largest absolute Gasteiger partial charge is 0.497 e. The summed E-state index contributed by atoms with van der Waals surface area (Å²) in [5, 5.41) is 0.555. The Bertz CT molecular complexity index is 716. The number of H-pyrrole nitrogens is 1. The predicted molar refractivity (Wildman–Crippen MR) is 90.1 cm³/mol. The lowest BCUT2D eigenvalue weighted by Crippen LogP contribution is -2.35. The van der Waals surface area contributed by atoms with Crippen molar-refractivity contribution in [2.75, 3.05) is 27.3 Å². The van der Waals surface area contributed by atoms with E-state index < -0.39 is 18.3 Å². The molecule has 1 aromatic heterocycles. The number of nitrogens with zero attached hydrogens (tertiary/aromatic N) is 1. The first-order valence-electron chi connectivity index (χ1n) is 7.78. The number of hydrogen-bond acceptors (Lipinski definition) is 4. The van der Waals surface area contributed by atoms with Crippen molar-refractivity contribution in [2.24, 2.45) is 0 Å². The number of methoxy groups -OCH3 is 1. The highest BCUT2D eigenvalue weighted by atomic mass is 19.3. The average Bonchev–Trinajstić information content (AvgIpc) is 3.04. The van der Waals surface area contributed by atoms with E-state index in [2.05, 4.69) is 9.72 Å². The molecule has 1 heterocycles. The SMILES string of the molecule is CC.COc1ccc2[nH]cc(C(=O)C(=O)N(C)CCOC(F)F)c2c1. The molecule has 0 atom stereocenters. The molecule has 0 radical (unpaired) electrons. The maximum atomic E-state index is 12.3. The fourth-order valence-electron chi connectivity index (χ4n) is 2.08. The molecule has 0 bridgehead atoms. The second-order valence-electron chi connectivity index (χ2n) is 4.80. The van der Waals surface area contributed by atoms with E-state index in [-0.39, 0.29) is 18.7 Å². The van der Waals surface area contributed by atoms with Crippen molar-refractivity contribution in [3.05, 3.63) is 30.0 Å². The molecule has 138 valence electrons. The molecular formula is C17H22F2N2O4. The number of amides is 1. The molecule has 8 heteroatoms. The standard InChI is InChI=1S/C15H16F2N2O4.C2H6/c1-19(5-6-23-15(16)17)14(21)13(20)11-8-18-12-4-3-9(22-2)7-10(11)12;1-2/h3-4,7-8,15,18H,5-6H2,1-2H3;1-2H3. The van der Waals surface area contributed by atoms with E-state index in [0.29, 0.717) is 16.7 Å². The quantitative estimate of drug-likeness (QED) is 0.611. The lowest BCUT2D eigenvalue weighted by atomic mass is 10.1. The van der Waals surface area contributed by atoms with E-state index in [1.54, 1.807) is 18.2 Å². The normalized spacial score (nSPS) is 10.4. The van der Waals surface area contributed by atoms with E-state index in [1.165, 1.54) is 20.4 Å². The zero-order valence-electron chi connectivity index (χ0n) is 14.6. The van der Waals surface area contributed by atoms with Crippen LogP contribution >= 0.6 is 0 Å². The average molecular weight is 356 g/mol. The molecule has 1 aromatic carbocycles. The zero-order chi connectivity index (χ0) is 19.0. The van der Waals surface area contributed by atoms with E-state index in [4.69, 9.17) is 4.74 Å². The number of ether oxygens (including phenoxy) is 2. The summed E-state index contributed by atoms with van der Waals surface area (Å²) in [5.41, 5.74) is 0.885. The molecule has 1 N–H and O–H groups in total. The van der Waals surface area contributed by atoms with Crippen molar-refractivity contribution in [3.63, 3.8) is 0 Å². The van der Waals surface area contributed by atoms with E-state index in [0.717, 1.165) is 4.90 Å². The summed E-state index contributed by atoms with van der Waals surface area (Å²) < 4.78 is 33.0. The maximum Gasteiger partial charge on any atom is 0.345 e. The Morgan fingerprint density at radius 2 is 1.96 bits per heavy atom. The molecule has 0 saturated carbocycles. The van der Waals surface area contributed by atoms with Gasteiger partial charge in [0.25, 0.3) is 11.7 Å². The van der Waals surface area contributed by atoms with Gasteiger partial charge in [0.2, 0.25) is 0 Å². The molecule has 1 amide bonds. The van der Waals surface area contributed by atoms with Gasteiger partial charge < -0.3 is 19.4 Å². The number of benzene rings is 1. The first-order chi connectivity index (χ1) is 11.9. The van der Waals surface area contributed by atoms with Gasteiger partial charge in [0, 0.05) is 30.7 Å². The topological polar surface area (TPSA) is 71.6 Å². The number of aromatic nitrogens is 1. The number of alkyl halides is 2. The highest BCUT2D eigenvalue weighted by Crippen LogP contribution is 2.24. The molecule has 0 fully saturated rings. The Hall–Kier alpha value is -2.48. The number of halogens is 2. The minimum Gasteiger partial charge on any atom is -0.497 e. The van der Waals surface area contributed by atoms with Crippen LogP contribution in [0.4, 0.5) is 8.78 Å². The minimum absolute atomic E-state index is 0.111. The maximum absolute atomic E-state index is 12.3. The van der Waals surface area contributed by atoms with E-state index >= 15 is 0 Å². The molecule has 0 saturated heterocycles. The Balaban J connectivity index is 0.00000151. The van der Waals surface area contributed by atoms with Crippen LogP contribution in [0.5, 0.6) is 5.75 Å². The number of nitrogens with one attached hydrogen (secondary N) is 1. The van der Waals surface area contributed by atoms with Crippen molar-refractivity contribution in [3.8, 4) is 5.75 Å². The number of carbonyl (C=O) groups excluding carboxylic acids is 2. The summed E-state index contributed by atoms with van der Waals surface area (Å²) >= 11 is 0. The molecule has 0 unspecified atom stereocenters. The Kier molecular flexibility index (Phi) is 8.00. The van der Waals surface area contributed by atoms with Crippen LogP contribution < -0.4 is 4.74 Å². The highest BCUT2D eigenvalue weighted by Gasteiger charge is 2.23. The van der Waals surface area contributed by atoms with Crippen molar-refractivity contribution in [2.45, 2.75) is 20.5 Å². The van der Waals surface area contributed by atoms with Crippen LogP contribution in [0.15, 0.2) is 24.4 Å². The lowest BCUT2D eigenvalue weighted by Gasteiger charge is -2.15. The molecule has 2 aromatic rings. The number of carbonyl (C=O) groups is 2. The van der Waals surface area contributed by atoms with Gasteiger partial charge in [0.1, 0.15) is 5.75 Å². The number of hydrogen-bond donors (Lipinski definition) is 1. The number of Topliss-reactive ketones (excluding diaryl/α,β-unsaturated/α-hetero) is 1. The van der Waals surface area contributed by atoms with Gasteiger partial charge in [-0.25, -0.2) is 0 Å². The van der Waals surface area contributed by atoms with E-state index in [9.17, 15) is 18.4 Å². The third kappa shape index (κ3) is 5.25. The van der Waals surface area contributed by atoms with Gasteiger partial charge in [-0.1, -0.05) is 13.8 Å². The first kappa shape index (κ1) is 20.6. The van der Waals surface area contributed by atoms with Crippen molar-refractivity contribution < 1.29 is 27.8 Å². The third-order valence-corrected chi connectivity index (χ3v) is 3.35. The van der Waals surface area contributed by atoms with Gasteiger partial charge in [-0.15, -0.1) is 0 Å². The van der Waals surface area contributed by atoms with Crippen LogP contribution in [0.25, 0.3) is 10.9 Å². The monoisotopic (exact) mass is 356 g/mol. The van der Waals surface area contributed by atoms with Gasteiger partial charge in [0.15, 0.2) is 0 Å². The Morgan fingerprint density at radius 1 is 1.28 bits per heavy atom. The van der Waals surface area contributed by atoms with Gasteiger partial charge in [0.05, 0.1) is 19.3 Å². The van der Waals surface area contributed by atoms with Crippen LogP contribution in [0.3, 0.4) is 0 Å². The smallest absolute Gasteiger partial charge is 0.345 e. The van der Waals surface area contributed by atoms with Gasteiger partial charge in [-0.05, 0) is 18.2 Å². The predicted octanol–water partition coefficient (Wildman–Crippen LogP) is 3.08. The Morgan fingerprint density at radius 3 is 2.56 bits per heavy atom. The number of fused-ring (bicyclic) bond motifs is 1. The fraction of sp³-hybridized carbons (Fsp3) is 0.412. The summed E-state index contributed by atoms with van der Waals surface area (Å²) in [6, 6.07) is 5.10. The molecule has 0 aliphatic carbocycles. The summed E-state index contributed by atoms with van der Waals surface area (Å²) in [5.74, 6) is -0.979. The van der Waals surface area contributed by atoms with Crippen LogP contribution in [0, 0.1) is 0 Å². The second kappa shape index (κ2) is 9.73. The lowest BCUT2D eigenvalue weighted by molar-refractivity contribution is -0.139. The molecule has 0 spiro atoms. The zero-order valence-corrected chi connectivity index (χ0v) is 14.6. The summed E-state index contributed by atoms with van der Waals surface area (Å²) in [6.45, 7) is 0.630. The van der Waals surface area contributed by atoms with Gasteiger partial charge in [-0.3, -0.25) is 9.59 Å². The first-order valence-corrected chi connectivity index (χ1v) is 7.78. The Labute approximate surface area is 144 Å². The number of rotatable bonds is 7. The van der Waals surface area contributed by atoms with Gasteiger partial charge in [-0.2, -0.15) is 8.78 Å². The molecule has 25 heavy (non-hydrogen) atoms. The van der Waals surface area contributed by atoms with Crippen LogP contribution in [0.1, 0.15) is 24.2 Å². The second-order valence-corrected chi connectivity index (χ2v) is 4.80. The van der Waals surface area contributed by atoms with Gasteiger partial charge >= 0.3 is 6.61 Å². The number of likely N-dealkylation sites (N-methyl/N-ethyl adjacent to an activating group) is 1. The molecule has 2 rings (SSSR count). The number of ketones is 1. The van der Waals surface area contributed by atoms with Crippen LogP contribution in [-0.2, 0) is 9.53 Å². The fourth-order valence-corrected chi connectivity index (χ4v) is 2.08. The molecule has 0 aliphatic rings. The summed E-state index contributed by atoms with van der Waals surface area (Å²) in [4.78, 5) is 28.4. The highest BCUT2D eigenvalue weighted by molar-refractivity contribution is 6.44. The third-order valence-electron chi connectivity index (χ3n) is 3.35. The summed E-state index contributed by atoms with van der Waals surface area (Å²) in [6.07, 6.45) is 1.44. The minimum atomic E-state index is -2.91. The van der Waals surface area contributed by atoms with Crippen molar-refractivity contribution in [1.29, 1.82) is 0 Å². The van der Waals surface area contributed by atoms with Crippen LogP contribution in [0.2, 0.25) is 0 Å². The number of aromatic amines is 1. The molecular weight excluding hydrogens is 334 g/mol. The molecule has 0 aliphatic heterocycles. The summed E-state index contributed by atoms with van der Waals surface area (Å²) in [7, 11) is 2.85. The molecule has 6 nitrogen and oxygen atoms in total. The van der Waals surface area contributed by atoms with Crippen LogP contribution in [-0.4, -0.2) is 55.5 Å². The van der Waals surface area contributed by atoms with Crippen molar-refractivity contribution in [1.82, 2.24) is 9.88 Å².